The minimum atomic E-state index is -0.728. The second-order valence-electron chi connectivity index (χ2n) is 5.12. The van der Waals surface area contributed by atoms with Crippen LogP contribution in [0.5, 0.6) is 0 Å². The average Bonchev–Trinajstić information content (AvgIpc) is 3.09. The monoisotopic (exact) mass is 401 g/mol. The van der Waals surface area contributed by atoms with E-state index in [1.807, 2.05) is 6.26 Å². The first kappa shape index (κ1) is 19.7. The van der Waals surface area contributed by atoms with Gasteiger partial charge in [0.1, 0.15) is 11.8 Å². The summed E-state index contributed by atoms with van der Waals surface area (Å²) in [5.41, 5.74) is 0.583. The van der Waals surface area contributed by atoms with Gasteiger partial charge in [0.25, 0.3) is 5.91 Å². The van der Waals surface area contributed by atoms with Crippen molar-refractivity contribution in [3.05, 3.63) is 46.1 Å². The Balaban J connectivity index is 2.16. The predicted octanol–water partition coefficient (Wildman–Crippen LogP) is 4.28. The molecule has 0 unspecified atom stereocenters. The van der Waals surface area contributed by atoms with Crippen LogP contribution in [-0.4, -0.2) is 37.0 Å². The van der Waals surface area contributed by atoms with Crippen molar-refractivity contribution < 1.29 is 18.7 Å². The highest BCUT2D eigenvalue weighted by Gasteiger charge is 2.23. The Morgan fingerprint density at radius 3 is 2.72 bits per heavy atom. The van der Waals surface area contributed by atoms with E-state index in [9.17, 15) is 9.59 Å². The van der Waals surface area contributed by atoms with Crippen LogP contribution in [0.1, 0.15) is 17.0 Å². The third-order valence-corrected chi connectivity index (χ3v) is 4.63. The molecule has 1 atom stereocenters. The van der Waals surface area contributed by atoms with Gasteiger partial charge < -0.3 is 14.5 Å². The molecule has 0 fully saturated rings. The number of ether oxygens (including phenoxy) is 1. The molecule has 0 aliphatic carbocycles. The molecule has 1 heterocycles. The number of thioether (sulfide) groups is 1. The van der Waals surface area contributed by atoms with Gasteiger partial charge in [-0.25, -0.2) is 4.79 Å². The van der Waals surface area contributed by atoms with Gasteiger partial charge in [-0.05, 0) is 48.8 Å². The Morgan fingerprint density at radius 1 is 1.28 bits per heavy atom. The number of benzene rings is 1. The highest BCUT2D eigenvalue weighted by atomic mass is 35.5. The molecule has 1 N–H and O–H groups in total. The number of carbonyl (C=O) groups is 2. The van der Waals surface area contributed by atoms with Crippen LogP contribution < -0.4 is 5.32 Å². The van der Waals surface area contributed by atoms with Gasteiger partial charge in [-0.2, -0.15) is 11.8 Å². The van der Waals surface area contributed by atoms with Crippen LogP contribution in [0, 0.1) is 0 Å². The van der Waals surface area contributed by atoms with E-state index in [1.54, 1.807) is 36.0 Å². The number of hydrogen-bond donors (Lipinski definition) is 1. The molecule has 0 aliphatic rings. The smallest absolute Gasteiger partial charge is 0.328 e. The van der Waals surface area contributed by atoms with Crippen molar-refractivity contribution in [2.45, 2.75) is 12.5 Å². The molecular formula is C17H17Cl2NO4S. The van der Waals surface area contributed by atoms with Gasteiger partial charge in [-0.3, -0.25) is 4.79 Å². The van der Waals surface area contributed by atoms with Gasteiger partial charge in [0.05, 0.1) is 12.1 Å². The Bertz CT molecular complexity index is 763. The summed E-state index contributed by atoms with van der Waals surface area (Å²) in [6, 6.07) is 7.38. The van der Waals surface area contributed by atoms with Crippen LogP contribution in [0.15, 0.2) is 34.7 Å². The van der Waals surface area contributed by atoms with Crippen LogP contribution in [-0.2, 0) is 9.53 Å². The third-order valence-electron chi connectivity index (χ3n) is 3.43. The number of rotatable bonds is 7. The fraction of sp³-hybridized carbons (Fsp3) is 0.294. The topological polar surface area (TPSA) is 68.5 Å². The van der Waals surface area contributed by atoms with Gasteiger partial charge in [0.2, 0.25) is 0 Å². The zero-order valence-electron chi connectivity index (χ0n) is 13.7. The summed E-state index contributed by atoms with van der Waals surface area (Å²) in [7, 11) is 1.28. The summed E-state index contributed by atoms with van der Waals surface area (Å²) >= 11 is 13.7. The Morgan fingerprint density at radius 2 is 2.04 bits per heavy atom. The van der Waals surface area contributed by atoms with Crippen molar-refractivity contribution in [3.8, 4) is 11.3 Å². The van der Waals surface area contributed by atoms with E-state index < -0.39 is 17.9 Å². The highest BCUT2D eigenvalue weighted by Crippen LogP contribution is 2.31. The zero-order valence-corrected chi connectivity index (χ0v) is 16.0. The van der Waals surface area contributed by atoms with Crippen LogP contribution in [0.3, 0.4) is 0 Å². The average molecular weight is 402 g/mol. The fourth-order valence-corrected chi connectivity index (χ4v) is 3.00. The molecule has 5 nitrogen and oxygen atoms in total. The lowest BCUT2D eigenvalue weighted by molar-refractivity contribution is -0.142. The predicted molar refractivity (Wildman–Crippen MR) is 100 cm³/mol. The minimum Gasteiger partial charge on any atom is -0.467 e. The number of amides is 1. The summed E-state index contributed by atoms with van der Waals surface area (Å²) in [5.74, 6) is 0.204. The van der Waals surface area contributed by atoms with Crippen molar-refractivity contribution in [3.63, 3.8) is 0 Å². The van der Waals surface area contributed by atoms with E-state index in [0.717, 1.165) is 0 Å². The number of hydrogen-bond acceptors (Lipinski definition) is 5. The lowest BCUT2D eigenvalue weighted by Gasteiger charge is -2.15. The molecule has 2 aromatic rings. The van der Waals surface area contributed by atoms with E-state index in [-0.39, 0.29) is 5.76 Å². The van der Waals surface area contributed by atoms with Crippen molar-refractivity contribution in [1.29, 1.82) is 0 Å². The lowest BCUT2D eigenvalue weighted by Crippen LogP contribution is -2.41. The minimum absolute atomic E-state index is 0.0732. The number of esters is 1. The molecule has 1 aromatic heterocycles. The molecular weight excluding hydrogens is 385 g/mol. The number of methoxy groups -OCH3 is 1. The lowest BCUT2D eigenvalue weighted by atomic mass is 10.2. The SMILES string of the molecule is COC(=O)[C@@H](CCSC)NC(=O)c1ccc(-c2cc(Cl)ccc2Cl)o1. The van der Waals surface area contributed by atoms with Gasteiger partial charge in [-0.1, -0.05) is 23.2 Å². The van der Waals surface area contributed by atoms with Crippen LogP contribution in [0.2, 0.25) is 10.0 Å². The fourth-order valence-electron chi connectivity index (χ4n) is 2.15. The first-order valence-corrected chi connectivity index (χ1v) is 9.54. The molecule has 0 saturated heterocycles. The normalized spacial score (nSPS) is 11.8. The number of halogens is 2. The van der Waals surface area contributed by atoms with Crippen molar-refractivity contribution >= 4 is 46.8 Å². The third kappa shape index (κ3) is 5.17. The van der Waals surface area contributed by atoms with Crippen molar-refractivity contribution in [2.24, 2.45) is 0 Å². The van der Waals surface area contributed by atoms with Crippen LogP contribution in [0.4, 0.5) is 0 Å². The van der Waals surface area contributed by atoms with E-state index in [2.05, 4.69) is 5.32 Å². The van der Waals surface area contributed by atoms with Crippen LogP contribution >= 0.6 is 35.0 Å². The summed E-state index contributed by atoms with van der Waals surface area (Å²) in [6.07, 6.45) is 2.39. The molecule has 8 heteroatoms. The maximum Gasteiger partial charge on any atom is 0.328 e. The summed E-state index contributed by atoms with van der Waals surface area (Å²) in [5, 5.41) is 3.59. The molecule has 2 rings (SSSR count). The highest BCUT2D eigenvalue weighted by molar-refractivity contribution is 7.98. The maximum absolute atomic E-state index is 12.4. The van der Waals surface area contributed by atoms with Crippen LogP contribution in [0.25, 0.3) is 11.3 Å². The molecule has 134 valence electrons. The molecule has 0 radical (unpaired) electrons. The second kappa shape index (κ2) is 9.17. The molecule has 0 aliphatic heterocycles. The summed E-state index contributed by atoms with van der Waals surface area (Å²) < 4.78 is 10.3. The van der Waals surface area contributed by atoms with E-state index in [1.165, 1.54) is 13.2 Å². The maximum atomic E-state index is 12.4. The Hall–Kier alpha value is -1.63. The first-order chi connectivity index (χ1) is 12.0. The molecule has 0 spiro atoms. The van der Waals surface area contributed by atoms with Gasteiger partial charge in [0.15, 0.2) is 5.76 Å². The molecule has 1 amide bonds. The molecule has 0 saturated carbocycles. The first-order valence-electron chi connectivity index (χ1n) is 7.39. The standard InChI is InChI=1S/C17H17Cl2NO4S/c1-23-17(22)13(7-8-25-2)20-16(21)15-6-5-14(24-15)11-9-10(18)3-4-12(11)19/h3-6,9,13H,7-8H2,1-2H3,(H,20,21)/t13-/m1/s1. The quantitative estimate of drug-likeness (QED) is 0.701. The summed E-state index contributed by atoms with van der Waals surface area (Å²) in [4.78, 5) is 24.1. The molecule has 0 bridgehead atoms. The van der Waals surface area contributed by atoms with Crippen molar-refractivity contribution in [1.82, 2.24) is 5.32 Å². The Labute approximate surface area is 160 Å². The number of carbonyl (C=O) groups excluding carboxylic acids is 2. The number of furan rings is 1. The second-order valence-corrected chi connectivity index (χ2v) is 6.95. The number of nitrogens with one attached hydrogen (secondary N) is 1. The van der Waals surface area contributed by atoms with E-state index in [0.29, 0.717) is 33.5 Å². The van der Waals surface area contributed by atoms with Gasteiger partial charge in [-0.15, -0.1) is 0 Å². The zero-order chi connectivity index (χ0) is 18.4. The van der Waals surface area contributed by atoms with E-state index >= 15 is 0 Å². The summed E-state index contributed by atoms with van der Waals surface area (Å²) in [6.45, 7) is 0. The van der Waals surface area contributed by atoms with Gasteiger partial charge in [0, 0.05) is 10.6 Å². The molecule has 25 heavy (non-hydrogen) atoms. The Kier molecular flexibility index (Phi) is 7.23. The van der Waals surface area contributed by atoms with Crippen molar-refractivity contribution in [2.75, 3.05) is 19.1 Å². The van der Waals surface area contributed by atoms with Gasteiger partial charge >= 0.3 is 5.97 Å². The largest absolute Gasteiger partial charge is 0.467 e. The van der Waals surface area contributed by atoms with E-state index in [4.69, 9.17) is 32.4 Å². The molecule has 1 aromatic carbocycles.